The predicted octanol–water partition coefficient (Wildman–Crippen LogP) is 3.04. The number of benzene rings is 2. The van der Waals surface area contributed by atoms with Crippen LogP contribution in [-0.2, 0) is 0 Å². The fourth-order valence-electron chi connectivity index (χ4n) is 1.81. The van der Waals surface area contributed by atoms with Gasteiger partial charge in [-0.15, -0.1) is 0 Å². The molecule has 4 nitrogen and oxygen atoms in total. The molecular formula is C13H11CaNO3S. The molecule has 2 N–H and O–H groups in total. The van der Waals surface area contributed by atoms with E-state index in [2.05, 4.69) is 5.32 Å². The Labute approximate surface area is 144 Å². The zero-order chi connectivity index (χ0) is 12.5. The molecule has 1 heterocycles. The van der Waals surface area contributed by atoms with E-state index >= 15 is 0 Å². The SMILES string of the molecule is O=C(O)Oc1cccc2c1Nc1ccccc1S2.[CaH2]. The Morgan fingerprint density at radius 1 is 1.11 bits per heavy atom. The van der Waals surface area contributed by atoms with Crippen molar-refractivity contribution >= 4 is 67.0 Å². The Balaban J connectivity index is 0.00000133. The fraction of sp³-hybridized carbons (Fsp3) is 0. The first-order valence-corrected chi connectivity index (χ1v) is 6.13. The van der Waals surface area contributed by atoms with Gasteiger partial charge in [-0.1, -0.05) is 30.0 Å². The number of ether oxygens (including phenoxy) is 1. The Hall–Kier alpha value is -0.880. The summed E-state index contributed by atoms with van der Waals surface area (Å²) in [5.74, 6) is 0.321. The first-order chi connectivity index (χ1) is 8.74. The van der Waals surface area contributed by atoms with E-state index in [1.165, 1.54) is 0 Å². The first-order valence-electron chi connectivity index (χ1n) is 5.32. The van der Waals surface area contributed by atoms with Crippen molar-refractivity contribution in [3.05, 3.63) is 42.5 Å². The van der Waals surface area contributed by atoms with Crippen molar-refractivity contribution in [1.29, 1.82) is 0 Å². The van der Waals surface area contributed by atoms with Crippen molar-refractivity contribution in [3.8, 4) is 5.75 Å². The molecule has 0 fully saturated rings. The zero-order valence-corrected chi connectivity index (χ0v) is 10.0. The molecule has 0 aromatic heterocycles. The molecule has 0 saturated heterocycles. The Kier molecular flexibility index (Phi) is 4.62. The van der Waals surface area contributed by atoms with Crippen LogP contribution in [0.3, 0.4) is 0 Å². The summed E-state index contributed by atoms with van der Waals surface area (Å²) in [7, 11) is 0. The molecule has 19 heavy (non-hydrogen) atoms. The van der Waals surface area contributed by atoms with Gasteiger partial charge in [-0.25, -0.2) is 4.79 Å². The van der Waals surface area contributed by atoms with Crippen LogP contribution in [0.1, 0.15) is 0 Å². The number of fused-ring (bicyclic) bond motifs is 2. The number of anilines is 2. The van der Waals surface area contributed by atoms with Crippen LogP contribution in [0.4, 0.5) is 16.2 Å². The van der Waals surface area contributed by atoms with Gasteiger partial charge in [-0.3, -0.25) is 0 Å². The summed E-state index contributed by atoms with van der Waals surface area (Å²) in [5, 5.41) is 11.9. The second-order valence-electron chi connectivity index (χ2n) is 3.72. The number of hydrogen-bond acceptors (Lipinski definition) is 4. The average molecular weight is 301 g/mol. The quantitative estimate of drug-likeness (QED) is 0.411. The summed E-state index contributed by atoms with van der Waals surface area (Å²) in [4.78, 5) is 12.7. The average Bonchev–Trinajstić information content (AvgIpc) is 2.36. The van der Waals surface area contributed by atoms with Crippen LogP contribution in [0.5, 0.6) is 5.75 Å². The molecule has 94 valence electrons. The van der Waals surface area contributed by atoms with Crippen LogP contribution in [0.15, 0.2) is 52.3 Å². The molecule has 0 atom stereocenters. The van der Waals surface area contributed by atoms with Gasteiger partial charge in [-0.2, -0.15) is 0 Å². The number of rotatable bonds is 1. The summed E-state index contributed by atoms with van der Waals surface area (Å²) >= 11 is 1.59. The van der Waals surface area contributed by atoms with E-state index in [-0.39, 0.29) is 37.7 Å². The monoisotopic (exact) mass is 301 g/mol. The van der Waals surface area contributed by atoms with Gasteiger partial charge >= 0.3 is 43.9 Å². The van der Waals surface area contributed by atoms with Gasteiger partial charge in [0, 0.05) is 9.79 Å². The van der Waals surface area contributed by atoms with Crippen molar-refractivity contribution in [3.63, 3.8) is 0 Å². The van der Waals surface area contributed by atoms with Gasteiger partial charge in [0.1, 0.15) is 0 Å². The van der Waals surface area contributed by atoms with E-state index in [0.717, 1.165) is 15.5 Å². The van der Waals surface area contributed by atoms with Crippen LogP contribution in [0.25, 0.3) is 0 Å². The van der Waals surface area contributed by atoms with Gasteiger partial charge in [-0.05, 0) is 24.3 Å². The van der Waals surface area contributed by atoms with Crippen molar-refractivity contribution in [2.75, 3.05) is 5.32 Å². The topological polar surface area (TPSA) is 58.6 Å². The molecule has 6 heteroatoms. The predicted molar refractivity (Wildman–Crippen MR) is 77.5 cm³/mol. The van der Waals surface area contributed by atoms with E-state index in [1.807, 2.05) is 30.3 Å². The van der Waals surface area contributed by atoms with Crippen LogP contribution < -0.4 is 10.1 Å². The summed E-state index contributed by atoms with van der Waals surface area (Å²) in [6.07, 6.45) is -1.31. The minimum absolute atomic E-state index is 0. The molecular weight excluding hydrogens is 290 g/mol. The third kappa shape index (κ3) is 3.00. The minimum atomic E-state index is -1.31. The van der Waals surface area contributed by atoms with Gasteiger partial charge in [0.15, 0.2) is 5.75 Å². The molecule has 0 bridgehead atoms. The summed E-state index contributed by atoms with van der Waals surface area (Å²) in [5.41, 5.74) is 1.65. The van der Waals surface area contributed by atoms with E-state index in [0.29, 0.717) is 11.4 Å². The zero-order valence-electron chi connectivity index (χ0n) is 9.21. The summed E-state index contributed by atoms with van der Waals surface area (Å²) in [6, 6.07) is 13.2. The number of carbonyl (C=O) groups is 1. The van der Waals surface area contributed by atoms with Crippen molar-refractivity contribution < 1.29 is 14.6 Å². The van der Waals surface area contributed by atoms with Crippen LogP contribution in [0, 0.1) is 0 Å². The molecule has 1 aliphatic heterocycles. The molecule has 1 aliphatic rings. The van der Waals surface area contributed by atoms with Crippen LogP contribution >= 0.6 is 11.8 Å². The molecule has 3 rings (SSSR count). The molecule has 2 aromatic carbocycles. The van der Waals surface area contributed by atoms with Gasteiger partial charge in [0.2, 0.25) is 0 Å². The van der Waals surface area contributed by atoms with E-state index < -0.39 is 6.16 Å². The Morgan fingerprint density at radius 2 is 1.84 bits per heavy atom. The van der Waals surface area contributed by atoms with Crippen LogP contribution in [0.2, 0.25) is 0 Å². The molecule has 0 radical (unpaired) electrons. The number of carboxylic acid groups (broad SMARTS) is 1. The molecule has 0 spiro atoms. The molecule has 0 saturated carbocycles. The standard InChI is InChI=1S/C13H9NO3S.Ca.2H/c15-13(16)17-9-5-3-7-11-12(9)14-8-4-1-2-6-10(8)18-11;;;/h1-7,14H,(H,15,16);;;. The molecule has 0 amide bonds. The van der Waals surface area contributed by atoms with E-state index in [9.17, 15) is 4.79 Å². The summed E-state index contributed by atoms with van der Waals surface area (Å²) < 4.78 is 4.77. The Bertz CT molecular complexity index is 633. The fourth-order valence-corrected chi connectivity index (χ4v) is 2.82. The molecule has 2 aromatic rings. The van der Waals surface area contributed by atoms with E-state index in [1.54, 1.807) is 23.9 Å². The second-order valence-corrected chi connectivity index (χ2v) is 4.80. The van der Waals surface area contributed by atoms with Crippen LogP contribution in [-0.4, -0.2) is 49.0 Å². The molecule has 0 aliphatic carbocycles. The Morgan fingerprint density at radius 3 is 2.63 bits per heavy atom. The van der Waals surface area contributed by atoms with Gasteiger partial charge < -0.3 is 15.2 Å². The van der Waals surface area contributed by atoms with Crippen molar-refractivity contribution in [2.24, 2.45) is 0 Å². The van der Waals surface area contributed by atoms with Crippen molar-refractivity contribution in [1.82, 2.24) is 0 Å². The molecule has 0 unspecified atom stereocenters. The van der Waals surface area contributed by atoms with E-state index in [4.69, 9.17) is 9.84 Å². The normalized spacial score (nSPS) is 11.4. The first kappa shape index (κ1) is 14.5. The number of nitrogens with one attached hydrogen (secondary N) is 1. The maximum absolute atomic E-state index is 10.6. The number of hydrogen-bond donors (Lipinski definition) is 2. The second kappa shape index (κ2) is 6.05. The van der Waals surface area contributed by atoms with Gasteiger partial charge in [0.05, 0.1) is 11.4 Å². The number of para-hydroxylation sites is 2. The third-order valence-electron chi connectivity index (χ3n) is 2.55. The van der Waals surface area contributed by atoms with Crippen molar-refractivity contribution in [2.45, 2.75) is 9.79 Å². The summed E-state index contributed by atoms with van der Waals surface area (Å²) in [6.45, 7) is 0. The third-order valence-corrected chi connectivity index (χ3v) is 3.69. The van der Waals surface area contributed by atoms with Gasteiger partial charge in [0.25, 0.3) is 0 Å². The maximum atomic E-state index is 10.6.